The number of aromatic nitrogens is 2. The van der Waals surface area contributed by atoms with Crippen LogP contribution >= 0.6 is 23.2 Å². The Hall–Kier alpha value is -4.58. The molecule has 45 heavy (non-hydrogen) atoms. The second-order valence-electron chi connectivity index (χ2n) is 9.86. The molecule has 13 heteroatoms. The number of carbonyl (C=O) groups is 1. The molecular formula is C32H22Cl2F3N3O4S. The first-order valence-electron chi connectivity index (χ1n) is 13.1. The van der Waals surface area contributed by atoms with Gasteiger partial charge in [-0.15, -0.1) is 0 Å². The smallest absolute Gasteiger partial charge is 0.478 e. The number of alkyl halides is 3. The van der Waals surface area contributed by atoms with Gasteiger partial charge in [-0.25, -0.2) is 18.2 Å². The Morgan fingerprint density at radius 2 is 1.62 bits per heavy atom. The van der Waals surface area contributed by atoms with E-state index in [9.17, 15) is 31.5 Å². The maximum Gasteiger partial charge on any atom is 0.501 e. The third-order valence-corrected chi connectivity index (χ3v) is 8.97. The van der Waals surface area contributed by atoms with Crippen LogP contribution < -0.4 is 5.73 Å². The maximum atomic E-state index is 13.1. The number of imidazole rings is 1. The van der Waals surface area contributed by atoms with Crippen molar-refractivity contribution in [1.82, 2.24) is 9.55 Å². The van der Waals surface area contributed by atoms with Crippen LogP contribution in [0.5, 0.6) is 0 Å². The topological polar surface area (TPSA) is 115 Å². The molecular weight excluding hydrogens is 650 g/mol. The van der Waals surface area contributed by atoms with E-state index in [-0.39, 0.29) is 11.1 Å². The third-order valence-electron chi connectivity index (χ3n) is 6.88. The van der Waals surface area contributed by atoms with Crippen LogP contribution in [0.15, 0.2) is 96.0 Å². The molecule has 0 aliphatic rings. The van der Waals surface area contributed by atoms with Gasteiger partial charge in [0.2, 0.25) is 0 Å². The highest BCUT2D eigenvalue weighted by molar-refractivity contribution is 7.92. The molecule has 0 unspecified atom stereocenters. The molecule has 7 nitrogen and oxygen atoms in total. The van der Waals surface area contributed by atoms with E-state index in [1.54, 1.807) is 66.7 Å². The molecule has 0 atom stereocenters. The quantitative estimate of drug-likeness (QED) is 0.160. The zero-order valence-corrected chi connectivity index (χ0v) is 25.3. The van der Waals surface area contributed by atoms with Crippen molar-refractivity contribution in [2.45, 2.75) is 16.9 Å². The van der Waals surface area contributed by atoms with Gasteiger partial charge in [0.1, 0.15) is 5.82 Å². The lowest BCUT2D eigenvalue weighted by atomic mass is 10.0. The molecule has 0 saturated heterocycles. The number of carboxylic acid groups (broad SMARTS) is 1. The molecule has 0 spiro atoms. The molecule has 0 aliphatic carbocycles. The predicted molar refractivity (Wildman–Crippen MR) is 169 cm³/mol. The fourth-order valence-electron chi connectivity index (χ4n) is 4.57. The van der Waals surface area contributed by atoms with Crippen molar-refractivity contribution >= 4 is 56.8 Å². The number of halogens is 5. The lowest BCUT2D eigenvalue weighted by molar-refractivity contribution is -0.0435. The van der Waals surface area contributed by atoms with Crippen molar-refractivity contribution in [3.05, 3.63) is 124 Å². The zero-order chi connectivity index (χ0) is 32.5. The van der Waals surface area contributed by atoms with E-state index in [2.05, 4.69) is 0 Å². The monoisotopic (exact) mass is 671 g/mol. The molecule has 3 N–H and O–H groups in total. The summed E-state index contributed by atoms with van der Waals surface area (Å²) in [7, 11) is -5.63. The number of aromatic carboxylic acids is 1. The zero-order valence-electron chi connectivity index (χ0n) is 23.0. The largest absolute Gasteiger partial charge is 0.501 e. The number of sulfone groups is 1. The van der Waals surface area contributed by atoms with E-state index in [4.69, 9.17) is 33.9 Å². The summed E-state index contributed by atoms with van der Waals surface area (Å²) in [5.41, 5.74) is 3.43. The standard InChI is InChI=1S/C32H22Cl2F3N3O4S/c33-23-13-14-25(26(34)16-23)27-18-40(17-20-6-11-22(12-7-20)31(41)42)29(39-27)15-8-19-4-9-21(10-5-19)24-2-1-3-28(30(24)38)45(43,44)32(35,36)37/h1-16,18H,17,38H2,(H,41,42). The van der Waals surface area contributed by atoms with Crippen molar-refractivity contribution in [3.8, 4) is 22.4 Å². The number of anilines is 1. The minimum atomic E-state index is -5.63. The first-order valence-corrected chi connectivity index (χ1v) is 15.3. The number of nitrogens with two attached hydrogens (primary N) is 1. The minimum Gasteiger partial charge on any atom is -0.478 e. The van der Waals surface area contributed by atoms with Crippen molar-refractivity contribution in [2.24, 2.45) is 0 Å². The molecule has 0 fully saturated rings. The van der Waals surface area contributed by atoms with Gasteiger partial charge >= 0.3 is 11.5 Å². The van der Waals surface area contributed by atoms with Gasteiger partial charge in [0.05, 0.1) is 26.9 Å². The van der Waals surface area contributed by atoms with E-state index < -0.39 is 31.9 Å². The van der Waals surface area contributed by atoms with Gasteiger partial charge in [-0.3, -0.25) is 0 Å². The number of carboxylic acids is 1. The van der Waals surface area contributed by atoms with Crippen molar-refractivity contribution < 1.29 is 31.5 Å². The van der Waals surface area contributed by atoms with Crippen LogP contribution in [0.4, 0.5) is 18.9 Å². The summed E-state index contributed by atoms with van der Waals surface area (Å²) in [6.07, 6.45) is 5.35. The summed E-state index contributed by atoms with van der Waals surface area (Å²) in [6, 6.07) is 21.6. The fourth-order valence-corrected chi connectivity index (χ4v) is 5.98. The Labute approximate surface area is 265 Å². The summed E-state index contributed by atoms with van der Waals surface area (Å²) < 4.78 is 65.3. The summed E-state index contributed by atoms with van der Waals surface area (Å²) >= 11 is 12.5. The summed E-state index contributed by atoms with van der Waals surface area (Å²) in [4.78, 5) is 15.0. The van der Waals surface area contributed by atoms with Crippen LogP contribution in [0, 0.1) is 0 Å². The van der Waals surface area contributed by atoms with Gasteiger partial charge in [-0.05, 0) is 59.2 Å². The number of nitrogen functional groups attached to an aromatic ring is 1. The molecule has 4 aromatic carbocycles. The number of hydrogen-bond acceptors (Lipinski definition) is 5. The lowest BCUT2D eigenvalue weighted by Crippen LogP contribution is -2.24. The second-order valence-corrected chi connectivity index (χ2v) is 12.6. The minimum absolute atomic E-state index is 0.143. The van der Waals surface area contributed by atoms with Crippen molar-refractivity contribution in [1.29, 1.82) is 0 Å². The lowest BCUT2D eigenvalue weighted by Gasteiger charge is -2.13. The van der Waals surface area contributed by atoms with E-state index >= 15 is 0 Å². The summed E-state index contributed by atoms with van der Waals surface area (Å²) in [5, 5.41) is 10.1. The predicted octanol–water partition coefficient (Wildman–Crippen LogP) is 8.32. The Morgan fingerprint density at radius 1 is 0.933 bits per heavy atom. The van der Waals surface area contributed by atoms with Gasteiger partial charge < -0.3 is 15.4 Å². The number of benzene rings is 4. The van der Waals surface area contributed by atoms with Crippen molar-refractivity contribution in [2.75, 3.05) is 5.73 Å². The second kappa shape index (κ2) is 12.4. The molecule has 230 valence electrons. The molecule has 0 bridgehead atoms. The Kier molecular flexibility index (Phi) is 8.79. The molecule has 0 saturated carbocycles. The van der Waals surface area contributed by atoms with Gasteiger partial charge in [-0.1, -0.05) is 77.8 Å². The molecule has 0 aliphatic heterocycles. The number of nitrogens with zero attached hydrogens (tertiary/aromatic N) is 2. The van der Waals surface area contributed by atoms with Gasteiger partial charge in [0, 0.05) is 28.9 Å². The van der Waals surface area contributed by atoms with Crippen LogP contribution in [0.25, 0.3) is 34.5 Å². The fraction of sp³-hybridized carbons (Fsp3) is 0.0625. The highest BCUT2D eigenvalue weighted by atomic mass is 35.5. The van der Waals surface area contributed by atoms with Gasteiger partial charge in [0.15, 0.2) is 0 Å². The van der Waals surface area contributed by atoms with Gasteiger partial charge in [0.25, 0.3) is 9.84 Å². The highest BCUT2D eigenvalue weighted by Gasteiger charge is 2.48. The molecule has 0 radical (unpaired) electrons. The number of hydrogen-bond donors (Lipinski definition) is 2. The number of para-hydroxylation sites is 1. The van der Waals surface area contributed by atoms with E-state index in [1.807, 2.05) is 10.8 Å². The average molecular weight is 673 g/mol. The molecule has 1 aromatic heterocycles. The summed E-state index contributed by atoms with van der Waals surface area (Å²) in [6.45, 7) is 0.368. The van der Waals surface area contributed by atoms with Crippen LogP contribution in [0.3, 0.4) is 0 Å². The summed E-state index contributed by atoms with van der Waals surface area (Å²) in [5.74, 6) is -0.475. The molecule has 0 amide bonds. The molecule has 1 heterocycles. The Morgan fingerprint density at radius 3 is 2.24 bits per heavy atom. The van der Waals surface area contributed by atoms with E-state index in [0.29, 0.717) is 44.8 Å². The van der Waals surface area contributed by atoms with Crippen LogP contribution in [-0.4, -0.2) is 34.6 Å². The Bertz CT molecular complexity index is 2040. The van der Waals surface area contributed by atoms with Crippen LogP contribution in [-0.2, 0) is 16.4 Å². The SMILES string of the molecule is Nc1c(-c2ccc(C=Cc3nc(-c4ccc(Cl)cc4Cl)cn3Cc3ccc(C(=O)O)cc3)cc2)cccc1S(=O)(=O)C(F)(F)F. The van der Waals surface area contributed by atoms with E-state index in [0.717, 1.165) is 11.6 Å². The van der Waals surface area contributed by atoms with Crippen LogP contribution in [0.2, 0.25) is 10.0 Å². The third kappa shape index (κ3) is 6.75. The normalized spacial score (nSPS) is 12.1. The first kappa shape index (κ1) is 31.8. The average Bonchev–Trinajstić information content (AvgIpc) is 3.38. The Balaban J connectivity index is 1.46. The van der Waals surface area contributed by atoms with Crippen LogP contribution in [0.1, 0.15) is 27.3 Å². The van der Waals surface area contributed by atoms with Crippen molar-refractivity contribution in [3.63, 3.8) is 0 Å². The van der Waals surface area contributed by atoms with Gasteiger partial charge in [-0.2, -0.15) is 13.2 Å². The molecule has 5 rings (SSSR count). The molecule has 5 aromatic rings. The number of rotatable bonds is 8. The first-order chi connectivity index (χ1) is 21.2. The maximum absolute atomic E-state index is 13.1. The highest BCUT2D eigenvalue weighted by Crippen LogP contribution is 2.38. The van der Waals surface area contributed by atoms with E-state index in [1.165, 1.54) is 24.3 Å².